The monoisotopic (exact) mass is 566 g/mol. The number of hydrogen-bond donors (Lipinski definition) is 1. The molecule has 2 saturated heterocycles. The van der Waals surface area contributed by atoms with Crippen LogP contribution in [0, 0.1) is 34.9 Å². The van der Waals surface area contributed by atoms with Gasteiger partial charge in [0.05, 0.1) is 41.0 Å². The van der Waals surface area contributed by atoms with Gasteiger partial charge in [-0.1, -0.05) is 29.3 Å². The zero-order valence-electron chi connectivity index (χ0n) is 22.2. The van der Waals surface area contributed by atoms with Gasteiger partial charge in [-0.05, 0) is 62.9 Å². The number of ether oxygens (including phenoxy) is 1. The lowest BCUT2D eigenvalue weighted by Crippen LogP contribution is -2.49. The number of phenolic OH excluding ortho intramolecular Hbond substituents is 1. The van der Waals surface area contributed by atoms with Gasteiger partial charge >= 0.3 is 0 Å². The number of fused-ring (bicyclic) bond motifs is 4. The molecule has 1 saturated carbocycles. The lowest BCUT2D eigenvalue weighted by atomic mass is 9.51. The van der Waals surface area contributed by atoms with Gasteiger partial charge in [-0.25, -0.2) is 9.29 Å². The predicted octanol–water partition coefficient (Wildman–Crippen LogP) is 4.44. The van der Waals surface area contributed by atoms with Crippen LogP contribution in [0.15, 0.2) is 48.0 Å². The summed E-state index contributed by atoms with van der Waals surface area (Å²) in [7, 11) is 1.45. The van der Waals surface area contributed by atoms with Gasteiger partial charge in [0.1, 0.15) is 17.3 Å². The number of carbonyl (C=O) groups is 4. The first-order chi connectivity index (χ1) is 19.1. The molecule has 0 spiro atoms. The second-order valence-electron chi connectivity index (χ2n) is 11.1. The number of benzene rings is 2. The van der Waals surface area contributed by atoms with Crippen molar-refractivity contribution in [3.63, 3.8) is 0 Å². The van der Waals surface area contributed by atoms with E-state index in [0.29, 0.717) is 17.7 Å². The molecule has 2 aromatic rings. The molecule has 10 heteroatoms. The van der Waals surface area contributed by atoms with E-state index in [1.165, 1.54) is 30.2 Å². The SMILES string of the molecule is CCN1C(=O)C2CC=C3C(CC4C(=O)N(c5ccc(F)c(Cl)c5)C(=O)C4(C)C3c3c(O)cccc3OC)C2C1=O. The molecule has 208 valence electrons. The summed E-state index contributed by atoms with van der Waals surface area (Å²) in [6.07, 6.45) is 2.38. The first-order valence-corrected chi connectivity index (χ1v) is 13.7. The summed E-state index contributed by atoms with van der Waals surface area (Å²) in [5.74, 6) is -5.43. The molecule has 4 amide bonds. The number of amides is 4. The highest BCUT2D eigenvalue weighted by Crippen LogP contribution is 2.65. The molecular formula is C30H28ClFN2O6. The van der Waals surface area contributed by atoms with Gasteiger partial charge < -0.3 is 9.84 Å². The number of imide groups is 2. The summed E-state index contributed by atoms with van der Waals surface area (Å²) in [5, 5.41) is 10.9. The van der Waals surface area contributed by atoms with Crippen LogP contribution in [-0.4, -0.2) is 47.3 Å². The molecule has 8 nitrogen and oxygen atoms in total. The number of phenols is 1. The molecule has 0 aromatic heterocycles. The average molecular weight is 567 g/mol. The van der Waals surface area contributed by atoms with Crippen molar-refractivity contribution in [2.75, 3.05) is 18.6 Å². The van der Waals surface area contributed by atoms with E-state index in [1.54, 1.807) is 26.0 Å². The van der Waals surface area contributed by atoms with Gasteiger partial charge in [-0.2, -0.15) is 0 Å². The number of halogens is 2. The molecule has 6 rings (SSSR count). The van der Waals surface area contributed by atoms with Crippen molar-refractivity contribution in [3.05, 3.63) is 64.5 Å². The van der Waals surface area contributed by atoms with Crippen molar-refractivity contribution in [3.8, 4) is 11.5 Å². The molecule has 1 N–H and O–H groups in total. The van der Waals surface area contributed by atoms with Crippen LogP contribution in [0.3, 0.4) is 0 Å². The maximum absolute atomic E-state index is 14.4. The number of methoxy groups -OCH3 is 1. The highest BCUT2D eigenvalue weighted by atomic mass is 35.5. The number of anilines is 1. The lowest BCUT2D eigenvalue weighted by molar-refractivity contribution is -0.140. The molecule has 0 bridgehead atoms. The third-order valence-electron chi connectivity index (χ3n) is 9.40. The van der Waals surface area contributed by atoms with E-state index in [9.17, 15) is 28.7 Å². The summed E-state index contributed by atoms with van der Waals surface area (Å²) >= 11 is 6.02. The fraction of sp³-hybridized carbons (Fsp3) is 0.400. The van der Waals surface area contributed by atoms with Crippen LogP contribution >= 0.6 is 11.6 Å². The summed E-state index contributed by atoms with van der Waals surface area (Å²) < 4.78 is 19.6. The van der Waals surface area contributed by atoms with Gasteiger partial charge in [0.2, 0.25) is 23.6 Å². The highest BCUT2D eigenvalue weighted by molar-refractivity contribution is 6.31. The minimum atomic E-state index is -1.38. The molecular weight excluding hydrogens is 539 g/mol. The van der Waals surface area contributed by atoms with E-state index in [2.05, 4.69) is 0 Å². The van der Waals surface area contributed by atoms with E-state index in [1.807, 2.05) is 6.08 Å². The Morgan fingerprint density at radius 2 is 1.85 bits per heavy atom. The van der Waals surface area contributed by atoms with Crippen molar-refractivity contribution in [2.45, 2.75) is 32.6 Å². The summed E-state index contributed by atoms with van der Waals surface area (Å²) in [5.41, 5.74) is -0.163. The second-order valence-corrected chi connectivity index (χ2v) is 11.5. The van der Waals surface area contributed by atoms with Crippen molar-refractivity contribution < 1.29 is 33.4 Å². The molecule has 2 aliphatic carbocycles. The normalized spacial score (nSPS) is 31.2. The van der Waals surface area contributed by atoms with Crippen LogP contribution in [0.25, 0.3) is 0 Å². The molecule has 6 atom stereocenters. The number of hydrogen-bond acceptors (Lipinski definition) is 6. The van der Waals surface area contributed by atoms with E-state index >= 15 is 0 Å². The zero-order valence-corrected chi connectivity index (χ0v) is 22.9. The molecule has 2 heterocycles. The van der Waals surface area contributed by atoms with Gasteiger partial charge in [0.15, 0.2) is 0 Å². The van der Waals surface area contributed by atoms with Crippen LogP contribution in [-0.2, 0) is 19.2 Å². The van der Waals surface area contributed by atoms with Crippen molar-refractivity contribution in [1.82, 2.24) is 4.90 Å². The summed E-state index contributed by atoms with van der Waals surface area (Å²) in [4.78, 5) is 57.4. The lowest BCUT2D eigenvalue weighted by Gasteiger charge is -2.49. The summed E-state index contributed by atoms with van der Waals surface area (Å²) in [6.45, 7) is 3.70. The Bertz CT molecular complexity index is 1520. The number of likely N-dealkylation sites (tertiary alicyclic amines) is 1. The molecule has 40 heavy (non-hydrogen) atoms. The number of aromatic hydroxyl groups is 1. The van der Waals surface area contributed by atoms with Crippen molar-refractivity contribution in [2.24, 2.45) is 29.1 Å². The predicted molar refractivity (Wildman–Crippen MR) is 143 cm³/mol. The standard InChI is InChI=1S/C30H28ClFN2O6/c1-4-33-26(36)16-10-9-15-17(23(16)28(33)38)13-18-27(37)34(14-8-11-20(32)19(31)12-14)29(39)30(18,2)25(15)24-21(35)6-5-7-22(24)40-3/h5-9,11-12,16-18,23,25,35H,4,10,13H2,1-3H3. The Labute approximate surface area is 235 Å². The van der Waals surface area contributed by atoms with Crippen LogP contribution in [0.5, 0.6) is 11.5 Å². The Morgan fingerprint density at radius 3 is 2.52 bits per heavy atom. The van der Waals surface area contributed by atoms with E-state index in [-0.39, 0.29) is 41.2 Å². The first kappa shape index (κ1) is 26.5. The van der Waals surface area contributed by atoms with Crippen LogP contribution in [0.1, 0.15) is 38.2 Å². The van der Waals surface area contributed by atoms with Crippen molar-refractivity contribution >= 4 is 40.9 Å². The summed E-state index contributed by atoms with van der Waals surface area (Å²) in [6, 6.07) is 8.45. The topological polar surface area (TPSA) is 104 Å². The maximum Gasteiger partial charge on any atom is 0.241 e. The van der Waals surface area contributed by atoms with Gasteiger partial charge in [-0.15, -0.1) is 0 Å². The molecule has 4 aliphatic rings. The third kappa shape index (κ3) is 3.36. The van der Waals surface area contributed by atoms with Crippen LogP contribution < -0.4 is 9.64 Å². The molecule has 0 radical (unpaired) electrons. The number of carbonyl (C=O) groups excluding carboxylic acids is 4. The Balaban J connectivity index is 1.57. The van der Waals surface area contributed by atoms with E-state index in [4.69, 9.17) is 16.3 Å². The Hall–Kier alpha value is -3.72. The van der Waals surface area contributed by atoms with Gasteiger partial charge in [-0.3, -0.25) is 24.1 Å². The number of nitrogens with zero attached hydrogens (tertiary/aromatic N) is 2. The highest BCUT2D eigenvalue weighted by Gasteiger charge is 2.68. The molecule has 2 aliphatic heterocycles. The number of allylic oxidation sites excluding steroid dienone is 2. The van der Waals surface area contributed by atoms with Crippen LogP contribution in [0.4, 0.5) is 10.1 Å². The molecule has 2 aromatic carbocycles. The Morgan fingerprint density at radius 1 is 1.10 bits per heavy atom. The fourth-order valence-electron chi connectivity index (χ4n) is 7.57. The quantitative estimate of drug-likeness (QED) is 0.433. The number of rotatable bonds is 4. The molecule has 6 unspecified atom stereocenters. The zero-order chi connectivity index (χ0) is 28.7. The minimum absolute atomic E-state index is 0.111. The minimum Gasteiger partial charge on any atom is -0.508 e. The van der Waals surface area contributed by atoms with Gasteiger partial charge in [0, 0.05) is 18.0 Å². The van der Waals surface area contributed by atoms with E-state index < -0.39 is 52.6 Å². The third-order valence-corrected chi connectivity index (χ3v) is 9.68. The smallest absolute Gasteiger partial charge is 0.241 e. The molecule has 3 fully saturated rings. The second kappa shape index (κ2) is 9.16. The average Bonchev–Trinajstić information content (AvgIpc) is 3.29. The maximum atomic E-state index is 14.4. The fourth-order valence-corrected chi connectivity index (χ4v) is 7.75. The van der Waals surface area contributed by atoms with Crippen molar-refractivity contribution in [1.29, 1.82) is 0 Å². The first-order valence-electron chi connectivity index (χ1n) is 13.3. The van der Waals surface area contributed by atoms with E-state index in [0.717, 1.165) is 16.5 Å². The Kier molecular flexibility index (Phi) is 6.07. The van der Waals surface area contributed by atoms with Crippen LogP contribution in [0.2, 0.25) is 5.02 Å². The van der Waals surface area contributed by atoms with Gasteiger partial charge in [0.25, 0.3) is 0 Å². The largest absolute Gasteiger partial charge is 0.508 e.